The molecule has 4 heteroatoms. The van der Waals surface area contributed by atoms with Gasteiger partial charge in [0.15, 0.2) is 0 Å². The molecule has 3 nitrogen and oxygen atoms in total. The standard InChI is InChI=1S/C19H23NO2S/c1-4-14(2)20-19(21)15-10-11-18(22-3)16(12-15)13-23-17-8-6-5-7-9-17/h5-12,14H,4,13H2,1-3H3,(H,20,21). The van der Waals surface area contributed by atoms with E-state index in [2.05, 4.69) is 24.4 Å². The molecule has 2 rings (SSSR count). The SMILES string of the molecule is CCC(C)NC(=O)c1ccc(OC)c(CSc2ccccc2)c1. The van der Waals surface area contributed by atoms with Crippen LogP contribution in [0.2, 0.25) is 0 Å². The second kappa shape index (κ2) is 8.63. The minimum Gasteiger partial charge on any atom is -0.496 e. The number of nitrogens with one attached hydrogen (secondary N) is 1. The van der Waals surface area contributed by atoms with Crippen molar-refractivity contribution < 1.29 is 9.53 Å². The van der Waals surface area contributed by atoms with Gasteiger partial charge in [0.05, 0.1) is 7.11 Å². The minimum atomic E-state index is -0.0343. The third-order valence-corrected chi connectivity index (χ3v) is 4.73. The molecule has 0 saturated heterocycles. The van der Waals surface area contributed by atoms with E-state index in [1.165, 1.54) is 4.90 Å². The topological polar surface area (TPSA) is 38.3 Å². The van der Waals surface area contributed by atoms with Crippen molar-refractivity contribution in [2.45, 2.75) is 37.0 Å². The molecule has 2 aromatic rings. The van der Waals surface area contributed by atoms with E-state index < -0.39 is 0 Å². The smallest absolute Gasteiger partial charge is 0.251 e. The highest BCUT2D eigenvalue weighted by Crippen LogP contribution is 2.28. The molecule has 1 amide bonds. The summed E-state index contributed by atoms with van der Waals surface area (Å²) in [6.07, 6.45) is 0.915. The van der Waals surface area contributed by atoms with Crippen LogP contribution in [0.4, 0.5) is 0 Å². The summed E-state index contributed by atoms with van der Waals surface area (Å²) in [4.78, 5) is 13.5. The number of hydrogen-bond donors (Lipinski definition) is 1. The predicted octanol–water partition coefficient (Wildman–Crippen LogP) is 4.52. The van der Waals surface area contributed by atoms with Crippen molar-refractivity contribution >= 4 is 17.7 Å². The zero-order valence-corrected chi connectivity index (χ0v) is 14.7. The molecule has 1 N–H and O–H groups in total. The van der Waals surface area contributed by atoms with Gasteiger partial charge in [-0.2, -0.15) is 0 Å². The molecule has 1 unspecified atom stereocenters. The lowest BCUT2D eigenvalue weighted by Crippen LogP contribution is -2.31. The molecule has 0 aliphatic heterocycles. The maximum atomic E-state index is 12.3. The first-order valence-electron chi connectivity index (χ1n) is 7.79. The van der Waals surface area contributed by atoms with E-state index in [0.717, 1.165) is 23.5 Å². The van der Waals surface area contributed by atoms with Gasteiger partial charge >= 0.3 is 0 Å². The Labute approximate surface area is 142 Å². The fourth-order valence-electron chi connectivity index (χ4n) is 2.12. The number of amides is 1. The molecule has 0 spiro atoms. The first-order chi connectivity index (χ1) is 11.1. The van der Waals surface area contributed by atoms with Crippen molar-refractivity contribution in [2.75, 3.05) is 7.11 Å². The van der Waals surface area contributed by atoms with Crippen LogP contribution >= 0.6 is 11.8 Å². The molecule has 0 heterocycles. The molecule has 1 atom stereocenters. The number of thioether (sulfide) groups is 1. The second-order valence-corrected chi connectivity index (χ2v) is 6.46. The Balaban J connectivity index is 2.13. The Bertz CT molecular complexity index is 643. The van der Waals surface area contributed by atoms with E-state index in [0.29, 0.717) is 5.56 Å². The van der Waals surface area contributed by atoms with E-state index in [-0.39, 0.29) is 11.9 Å². The Hall–Kier alpha value is -1.94. The first kappa shape index (κ1) is 17.4. The number of ether oxygens (including phenoxy) is 1. The number of carbonyl (C=O) groups is 1. The summed E-state index contributed by atoms with van der Waals surface area (Å²) < 4.78 is 5.43. The van der Waals surface area contributed by atoms with Gasteiger partial charge in [0, 0.05) is 27.8 Å². The molecule has 2 aromatic carbocycles. The highest BCUT2D eigenvalue weighted by atomic mass is 32.2. The molecule has 122 valence electrons. The van der Waals surface area contributed by atoms with Gasteiger partial charge in [-0.1, -0.05) is 25.1 Å². The van der Waals surface area contributed by atoms with Crippen molar-refractivity contribution in [3.05, 3.63) is 59.7 Å². The molecule has 0 aliphatic carbocycles. The van der Waals surface area contributed by atoms with Crippen LogP contribution in [-0.4, -0.2) is 19.1 Å². The lowest BCUT2D eigenvalue weighted by molar-refractivity contribution is 0.0939. The lowest BCUT2D eigenvalue weighted by atomic mass is 10.1. The predicted molar refractivity (Wildman–Crippen MR) is 96.2 cm³/mol. The highest BCUT2D eigenvalue weighted by molar-refractivity contribution is 7.98. The summed E-state index contributed by atoms with van der Waals surface area (Å²) in [6.45, 7) is 4.06. The quantitative estimate of drug-likeness (QED) is 0.759. The largest absolute Gasteiger partial charge is 0.496 e. The van der Waals surface area contributed by atoms with Gasteiger partial charge in [-0.15, -0.1) is 11.8 Å². The van der Waals surface area contributed by atoms with Crippen LogP contribution in [0.25, 0.3) is 0 Å². The van der Waals surface area contributed by atoms with E-state index in [1.807, 2.05) is 43.3 Å². The maximum Gasteiger partial charge on any atom is 0.251 e. The van der Waals surface area contributed by atoms with Gasteiger partial charge in [0.25, 0.3) is 5.91 Å². The Kier molecular flexibility index (Phi) is 6.53. The average molecular weight is 329 g/mol. The van der Waals surface area contributed by atoms with Crippen molar-refractivity contribution in [3.8, 4) is 5.75 Å². The van der Waals surface area contributed by atoms with Gasteiger partial charge in [0.2, 0.25) is 0 Å². The molecule has 0 radical (unpaired) electrons. The fraction of sp³-hybridized carbons (Fsp3) is 0.316. The monoisotopic (exact) mass is 329 g/mol. The Morgan fingerprint density at radius 2 is 1.96 bits per heavy atom. The van der Waals surface area contributed by atoms with Crippen molar-refractivity contribution in [1.82, 2.24) is 5.32 Å². The number of benzene rings is 2. The van der Waals surface area contributed by atoms with E-state index in [1.54, 1.807) is 18.9 Å². The maximum absolute atomic E-state index is 12.3. The zero-order valence-electron chi connectivity index (χ0n) is 13.8. The molecule has 0 aromatic heterocycles. The highest BCUT2D eigenvalue weighted by Gasteiger charge is 2.12. The van der Waals surface area contributed by atoms with E-state index in [4.69, 9.17) is 4.74 Å². The van der Waals surface area contributed by atoms with Gasteiger partial charge in [0.1, 0.15) is 5.75 Å². The van der Waals surface area contributed by atoms with Gasteiger partial charge < -0.3 is 10.1 Å². The Morgan fingerprint density at radius 1 is 1.22 bits per heavy atom. The fourth-order valence-corrected chi connectivity index (χ4v) is 3.02. The van der Waals surface area contributed by atoms with Gasteiger partial charge in [-0.25, -0.2) is 0 Å². The summed E-state index contributed by atoms with van der Waals surface area (Å²) in [7, 11) is 1.66. The van der Waals surface area contributed by atoms with E-state index >= 15 is 0 Å². The average Bonchev–Trinajstić information content (AvgIpc) is 2.60. The van der Waals surface area contributed by atoms with Gasteiger partial charge in [-0.3, -0.25) is 4.79 Å². The van der Waals surface area contributed by atoms with Crippen LogP contribution < -0.4 is 10.1 Å². The van der Waals surface area contributed by atoms with Crippen LogP contribution in [0.15, 0.2) is 53.4 Å². The summed E-state index contributed by atoms with van der Waals surface area (Å²) in [5.74, 6) is 1.54. The van der Waals surface area contributed by atoms with Crippen molar-refractivity contribution in [1.29, 1.82) is 0 Å². The number of hydrogen-bond acceptors (Lipinski definition) is 3. The minimum absolute atomic E-state index is 0.0343. The normalized spacial score (nSPS) is 11.8. The molecule has 23 heavy (non-hydrogen) atoms. The van der Waals surface area contributed by atoms with Crippen LogP contribution in [0.5, 0.6) is 5.75 Å². The summed E-state index contributed by atoms with van der Waals surface area (Å²) in [5.41, 5.74) is 1.70. The van der Waals surface area contributed by atoms with Crippen molar-refractivity contribution in [2.24, 2.45) is 0 Å². The van der Waals surface area contributed by atoms with Crippen LogP contribution in [0.1, 0.15) is 36.2 Å². The molecule has 0 aliphatic rings. The van der Waals surface area contributed by atoms with Crippen LogP contribution in [0.3, 0.4) is 0 Å². The number of carbonyl (C=O) groups excluding carboxylic acids is 1. The molecule has 0 fully saturated rings. The summed E-state index contributed by atoms with van der Waals surface area (Å²) in [5, 5.41) is 3.00. The summed E-state index contributed by atoms with van der Waals surface area (Å²) in [6, 6.07) is 16.0. The third kappa shape index (κ3) is 5.03. The number of methoxy groups -OCH3 is 1. The molecular weight excluding hydrogens is 306 g/mol. The lowest BCUT2D eigenvalue weighted by Gasteiger charge is -2.14. The second-order valence-electron chi connectivity index (χ2n) is 5.41. The van der Waals surface area contributed by atoms with Crippen LogP contribution in [-0.2, 0) is 5.75 Å². The van der Waals surface area contributed by atoms with Crippen molar-refractivity contribution in [3.63, 3.8) is 0 Å². The molecule has 0 bridgehead atoms. The van der Waals surface area contributed by atoms with Crippen LogP contribution in [0, 0.1) is 0 Å². The Morgan fingerprint density at radius 3 is 2.61 bits per heavy atom. The molecular formula is C19H23NO2S. The zero-order chi connectivity index (χ0) is 16.7. The molecule has 0 saturated carbocycles. The van der Waals surface area contributed by atoms with E-state index in [9.17, 15) is 4.79 Å². The first-order valence-corrected chi connectivity index (χ1v) is 8.78. The summed E-state index contributed by atoms with van der Waals surface area (Å²) >= 11 is 1.73. The third-order valence-electron chi connectivity index (χ3n) is 3.67. The number of rotatable bonds is 7. The van der Waals surface area contributed by atoms with Gasteiger partial charge in [-0.05, 0) is 43.7 Å².